The van der Waals surface area contributed by atoms with Gasteiger partial charge in [-0.2, -0.15) is 25.3 Å². The van der Waals surface area contributed by atoms with Crippen molar-refractivity contribution in [3.8, 4) is 0 Å². The first-order chi connectivity index (χ1) is 9.43. The van der Waals surface area contributed by atoms with Crippen LogP contribution in [0.25, 0.3) is 11.0 Å². The fourth-order valence-electron chi connectivity index (χ4n) is 1.94. The lowest BCUT2D eigenvalue weighted by Gasteiger charge is -2.10. The molecule has 2 aromatic heterocycles. The number of pyridine rings is 1. The Bertz CT molecular complexity index is 752. The average molecular weight is 311 g/mol. The highest BCUT2D eigenvalue weighted by molar-refractivity contribution is 7.84. The summed E-state index contributed by atoms with van der Waals surface area (Å²) in [6.45, 7) is 4.06. The van der Waals surface area contributed by atoms with Crippen molar-refractivity contribution in [2.24, 2.45) is 0 Å². The molecule has 1 N–H and O–H groups in total. The maximum absolute atomic E-state index is 12.4. The molecule has 2 rings (SSSR count). The van der Waals surface area contributed by atoms with Crippen LogP contribution in [0.1, 0.15) is 17.7 Å². The van der Waals surface area contributed by atoms with E-state index in [2.05, 4.69) is 35.2 Å². The molecule has 1 unspecified atom stereocenters. The second kappa shape index (κ2) is 6.05. The van der Waals surface area contributed by atoms with Gasteiger partial charge in [-0.1, -0.05) is 0 Å². The van der Waals surface area contributed by atoms with Crippen LogP contribution in [0.4, 0.5) is 0 Å². The van der Waals surface area contributed by atoms with Crippen molar-refractivity contribution in [2.45, 2.75) is 32.1 Å². The van der Waals surface area contributed by atoms with Gasteiger partial charge in [-0.25, -0.2) is 9.78 Å². The fraction of sp³-hybridized carbons (Fsp3) is 0.462. The summed E-state index contributed by atoms with van der Waals surface area (Å²) in [7, 11) is 0. The highest BCUT2D eigenvalue weighted by Gasteiger charge is 2.11. The number of nitrogens with zero attached hydrogens (tertiary/aromatic N) is 2. The number of thiol groups is 2. The monoisotopic (exact) mass is 311 g/mol. The normalized spacial score (nSPS) is 12.8. The Morgan fingerprint density at radius 1 is 1.40 bits per heavy atom. The summed E-state index contributed by atoms with van der Waals surface area (Å²) in [4.78, 5) is 31.3. The highest BCUT2D eigenvalue weighted by Crippen LogP contribution is 2.10. The van der Waals surface area contributed by atoms with E-state index in [-0.39, 0.29) is 10.8 Å². The molecule has 0 aliphatic carbocycles. The summed E-state index contributed by atoms with van der Waals surface area (Å²) in [6, 6.07) is 1.77. The Kier molecular flexibility index (Phi) is 4.59. The van der Waals surface area contributed by atoms with Gasteiger partial charge in [0.15, 0.2) is 0 Å². The maximum atomic E-state index is 12.4. The molecule has 7 heteroatoms. The van der Waals surface area contributed by atoms with Crippen LogP contribution in [0, 0.1) is 13.8 Å². The van der Waals surface area contributed by atoms with E-state index >= 15 is 0 Å². The van der Waals surface area contributed by atoms with E-state index in [9.17, 15) is 9.59 Å². The van der Waals surface area contributed by atoms with Gasteiger partial charge in [0.1, 0.15) is 5.65 Å². The molecule has 0 aliphatic rings. The lowest BCUT2D eigenvalue weighted by molar-refractivity contribution is 0.598. The van der Waals surface area contributed by atoms with E-state index in [1.54, 1.807) is 6.07 Å². The molecule has 0 bridgehead atoms. The van der Waals surface area contributed by atoms with E-state index < -0.39 is 5.69 Å². The van der Waals surface area contributed by atoms with Gasteiger partial charge in [-0.3, -0.25) is 14.3 Å². The molecule has 5 nitrogen and oxygen atoms in total. The fourth-order valence-corrected chi connectivity index (χ4v) is 2.24. The number of aryl methyl sites for hydroxylation is 2. The molecule has 20 heavy (non-hydrogen) atoms. The van der Waals surface area contributed by atoms with Crippen LogP contribution in [-0.2, 0) is 6.54 Å². The van der Waals surface area contributed by atoms with Crippen LogP contribution in [0.2, 0.25) is 0 Å². The Morgan fingerprint density at radius 2 is 2.10 bits per heavy atom. The van der Waals surface area contributed by atoms with Gasteiger partial charge in [-0.15, -0.1) is 0 Å². The standard InChI is InChI=1S/C13H17N3O2S2/c1-7-5-10-11(14-8(7)2)15-13(18)16(12(10)17)4-3-9(20)6-19/h5,9,19-20H,3-4,6H2,1-2H3,(H,14,15,18). The summed E-state index contributed by atoms with van der Waals surface area (Å²) in [5.74, 6) is 0.600. The summed E-state index contributed by atoms with van der Waals surface area (Å²) < 4.78 is 1.20. The minimum Gasteiger partial charge on any atom is -0.291 e. The number of nitrogens with one attached hydrogen (secondary N) is 1. The molecule has 108 valence electrons. The molecule has 2 heterocycles. The Morgan fingerprint density at radius 3 is 2.75 bits per heavy atom. The molecular weight excluding hydrogens is 294 g/mol. The van der Waals surface area contributed by atoms with E-state index in [0.29, 0.717) is 29.8 Å². The van der Waals surface area contributed by atoms with Crippen LogP contribution < -0.4 is 11.2 Å². The molecule has 0 aliphatic heterocycles. The number of hydrogen-bond donors (Lipinski definition) is 3. The zero-order valence-electron chi connectivity index (χ0n) is 11.4. The number of rotatable bonds is 4. The molecule has 1 atom stereocenters. The van der Waals surface area contributed by atoms with E-state index in [1.165, 1.54) is 4.57 Å². The van der Waals surface area contributed by atoms with Crippen molar-refractivity contribution >= 4 is 36.3 Å². The summed E-state index contributed by atoms with van der Waals surface area (Å²) in [6.07, 6.45) is 0.610. The van der Waals surface area contributed by atoms with Gasteiger partial charge in [0.05, 0.1) is 5.39 Å². The van der Waals surface area contributed by atoms with Gasteiger partial charge in [0.2, 0.25) is 0 Å². The second-order valence-electron chi connectivity index (χ2n) is 4.80. The smallest absolute Gasteiger partial charge is 0.291 e. The van der Waals surface area contributed by atoms with Gasteiger partial charge < -0.3 is 0 Å². The summed E-state index contributed by atoms with van der Waals surface area (Å²) >= 11 is 8.45. The molecule has 0 fully saturated rings. The molecule has 0 aromatic carbocycles. The molecule has 2 aromatic rings. The second-order valence-corrected chi connectivity index (χ2v) is 5.89. The Balaban J connectivity index is 2.54. The first kappa shape index (κ1) is 15.2. The van der Waals surface area contributed by atoms with E-state index in [1.807, 2.05) is 13.8 Å². The SMILES string of the molecule is Cc1cc2c(=O)n(CCC(S)CS)c(=O)[nH]c2nc1C. The van der Waals surface area contributed by atoms with Crippen molar-refractivity contribution in [3.05, 3.63) is 38.2 Å². The topological polar surface area (TPSA) is 67.8 Å². The molecule has 0 spiro atoms. The van der Waals surface area contributed by atoms with Crippen LogP contribution in [0.5, 0.6) is 0 Å². The number of fused-ring (bicyclic) bond motifs is 1. The number of hydrogen-bond acceptors (Lipinski definition) is 5. The zero-order chi connectivity index (χ0) is 14.9. The third-order valence-corrected chi connectivity index (χ3v) is 4.48. The number of aromatic amines is 1. The maximum Gasteiger partial charge on any atom is 0.329 e. The molecule has 0 saturated carbocycles. The quantitative estimate of drug-likeness (QED) is 0.746. The minimum atomic E-state index is -0.432. The van der Waals surface area contributed by atoms with E-state index in [4.69, 9.17) is 0 Å². The lowest BCUT2D eigenvalue weighted by Crippen LogP contribution is -2.36. The third kappa shape index (κ3) is 2.93. The van der Waals surface area contributed by atoms with Crippen molar-refractivity contribution < 1.29 is 0 Å². The van der Waals surface area contributed by atoms with Gasteiger partial charge in [0.25, 0.3) is 5.56 Å². The van der Waals surface area contributed by atoms with Gasteiger partial charge in [0, 0.05) is 23.2 Å². The molecule has 0 amide bonds. The highest BCUT2D eigenvalue weighted by atomic mass is 32.1. The third-order valence-electron chi connectivity index (χ3n) is 3.31. The van der Waals surface area contributed by atoms with E-state index in [0.717, 1.165) is 11.3 Å². The van der Waals surface area contributed by atoms with Crippen molar-refractivity contribution in [3.63, 3.8) is 0 Å². The van der Waals surface area contributed by atoms with Gasteiger partial charge in [-0.05, 0) is 31.9 Å². The van der Waals surface area contributed by atoms with Crippen LogP contribution in [-0.4, -0.2) is 25.5 Å². The van der Waals surface area contributed by atoms with Crippen LogP contribution in [0.15, 0.2) is 15.7 Å². The Hall–Kier alpha value is -1.21. The van der Waals surface area contributed by atoms with Crippen molar-refractivity contribution in [1.82, 2.24) is 14.5 Å². The van der Waals surface area contributed by atoms with Crippen LogP contribution in [0.3, 0.4) is 0 Å². The molecular formula is C13H17N3O2S2. The van der Waals surface area contributed by atoms with Crippen molar-refractivity contribution in [2.75, 3.05) is 5.75 Å². The summed E-state index contributed by atoms with van der Waals surface area (Å²) in [5.41, 5.74) is 1.33. The summed E-state index contributed by atoms with van der Waals surface area (Å²) in [5, 5.41) is 0.493. The first-order valence-corrected chi connectivity index (χ1v) is 7.49. The zero-order valence-corrected chi connectivity index (χ0v) is 13.2. The molecule has 0 saturated heterocycles. The molecule has 0 radical (unpaired) electrons. The number of aromatic nitrogens is 3. The van der Waals surface area contributed by atoms with Crippen molar-refractivity contribution in [1.29, 1.82) is 0 Å². The van der Waals surface area contributed by atoms with Gasteiger partial charge >= 0.3 is 5.69 Å². The number of H-pyrrole nitrogens is 1. The predicted molar refractivity (Wildman–Crippen MR) is 87.3 cm³/mol. The predicted octanol–water partition coefficient (Wildman–Crippen LogP) is 1.32. The Labute approximate surface area is 127 Å². The largest absolute Gasteiger partial charge is 0.329 e. The lowest BCUT2D eigenvalue weighted by atomic mass is 10.2. The average Bonchev–Trinajstić information content (AvgIpc) is 2.41. The first-order valence-electron chi connectivity index (χ1n) is 6.34. The van der Waals surface area contributed by atoms with Crippen LogP contribution >= 0.6 is 25.3 Å². The minimum absolute atomic E-state index is 0.0539.